The molecule has 0 spiro atoms. The Balaban J connectivity index is 1.17. The first-order valence-electron chi connectivity index (χ1n) is 33.0. The fourth-order valence-corrected chi connectivity index (χ4v) is 13.8. The molecular weight excluding hydrogens is 857 g/mol. The number of hydrogen-bond acceptors (Lipinski definition) is 4. The largest absolute Gasteiger partial charge is 0.455 e. The summed E-state index contributed by atoms with van der Waals surface area (Å²) < 4.78 is 217. The fraction of sp³-hybridized carbons (Fsp3) is 0. The average molecular weight is 922 g/mol. The highest BCUT2D eigenvalue weighted by molar-refractivity contribution is 7.19. The van der Waals surface area contributed by atoms with Crippen LogP contribution in [0.5, 0.6) is 0 Å². The normalized spacial score (nSPS) is 16.4. The van der Waals surface area contributed by atoms with Crippen LogP contribution in [-0.2, 0) is 0 Å². The molecule has 324 valence electrons. The SMILES string of the molecule is [2H]c1c([2H])c([2H])c(-c2c([2H])c([2H])c([2H])c3c2oc2c([2H])c([2H])c([2H])c([2H])c23)c(-c2nc(-c3ccc([Si](c4ccccc4)(c4ccccc4)c4ccccc4)cc3)nc(-c3c([2H])c([2H])c([2H])c(-n4c5c([2H])c([2H])c([2H])c([2H])c5c5c([2H])c([2H])c([2H])c([2H])c54)c3[2H])n2)c1[2H]. The molecule has 0 bridgehead atoms. The Hall–Kier alpha value is -8.97. The Labute approximate surface area is 432 Å². The van der Waals surface area contributed by atoms with Gasteiger partial charge in [0.1, 0.15) is 11.2 Å². The van der Waals surface area contributed by atoms with Crippen LogP contribution in [0.1, 0.15) is 31.5 Å². The van der Waals surface area contributed by atoms with Crippen molar-refractivity contribution < 1.29 is 35.9 Å². The topological polar surface area (TPSA) is 56.7 Å². The minimum atomic E-state index is -3.23. The zero-order valence-corrected chi connectivity index (χ0v) is 36.7. The van der Waals surface area contributed by atoms with Gasteiger partial charge in [-0.3, -0.25) is 0 Å². The van der Waals surface area contributed by atoms with Crippen LogP contribution in [0.2, 0.25) is 0 Å². The van der Waals surface area contributed by atoms with Crippen LogP contribution in [-0.4, -0.2) is 27.6 Å². The molecule has 3 aromatic heterocycles. The van der Waals surface area contributed by atoms with E-state index in [2.05, 4.69) is 36.4 Å². The van der Waals surface area contributed by atoms with Crippen molar-refractivity contribution in [2.24, 2.45) is 0 Å². The molecule has 0 fully saturated rings. The summed E-state index contributed by atoms with van der Waals surface area (Å²) in [6.07, 6.45) is 0. The lowest BCUT2D eigenvalue weighted by Gasteiger charge is -2.34. The van der Waals surface area contributed by atoms with Gasteiger partial charge in [-0.15, -0.1) is 0 Å². The van der Waals surface area contributed by atoms with Gasteiger partial charge in [0.15, 0.2) is 25.5 Å². The molecule has 5 nitrogen and oxygen atoms in total. The van der Waals surface area contributed by atoms with E-state index in [4.69, 9.17) is 38.6 Å². The van der Waals surface area contributed by atoms with E-state index in [1.165, 1.54) is 0 Å². The van der Waals surface area contributed by atoms with Crippen molar-refractivity contribution in [1.82, 2.24) is 19.5 Å². The Kier molecular flexibility index (Phi) is 5.61. The summed E-state index contributed by atoms with van der Waals surface area (Å²) in [6.45, 7) is 0. The third kappa shape index (κ3) is 6.72. The number of hydrogen-bond donors (Lipinski definition) is 0. The lowest BCUT2D eigenvalue weighted by Crippen LogP contribution is -2.74. The van der Waals surface area contributed by atoms with Crippen molar-refractivity contribution in [3.05, 3.63) is 254 Å². The van der Waals surface area contributed by atoms with Crippen LogP contribution in [0.4, 0.5) is 0 Å². The highest BCUT2D eigenvalue weighted by Gasteiger charge is 2.41. The molecule has 10 aromatic carbocycles. The van der Waals surface area contributed by atoms with Crippen LogP contribution < -0.4 is 20.7 Å². The van der Waals surface area contributed by atoms with E-state index < -0.39 is 225 Å². The molecule has 0 atom stereocenters. The molecule has 0 unspecified atom stereocenters. The summed E-state index contributed by atoms with van der Waals surface area (Å²) in [5.74, 6) is -1.67. The second kappa shape index (κ2) is 16.7. The third-order valence-corrected chi connectivity index (χ3v) is 16.8. The van der Waals surface area contributed by atoms with Crippen molar-refractivity contribution in [3.8, 4) is 51.0 Å². The minimum absolute atomic E-state index is 0.185. The molecule has 13 rings (SSSR count). The van der Waals surface area contributed by atoms with Gasteiger partial charge in [-0.05, 0) is 56.5 Å². The number of benzene rings is 10. The molecule has 0 aliphatic rings. The maximum Gasteiger partial charge on any atom is 0.179 e. The van der Waals surface area contributed by atoms with Gasteiger partial charge in [-0.25, -0.2) is 15.0 Å². The van der Waals surface area contributed by atoms with Gasteiger partial charge in [-0.1, -0.05) is 224 Å². The molecule has 0 saturated carbocycles. The standard InChI is InChI=1S/C63H42N4OSi/c1-4-22-46(23-5-1)69(47-24-6-2-7-25-47,48-26-8-3-9-27-48)49-40-38-43(39-41-49)61-64-62(44-20-18-21-45(42-44)67-57-35-15-12-29-51(57)52-30-13-16-36-58(52)67)66-63(65-61)56-32-11-10-28-50(56)54-33-19-34-55-53-31-14-17-37-59(53)68-60(54)55/h1-42H/i10D,11D,12D,13D,14D,15D,16D,17D,18D,19D,20D,21D,28D,29D,30D,31D,32D,33D,34D,35D,36D,37D,42D. The summed E-state index contributed by atoms with van der Waals surface area (Å²) in [5, 5.41) is 2.31. The Morgan fingerprint density at radius 1 is 0.377 bits per heavy atom. The molecule has 6 heteroatoms. The van der Waals surface area contributed by atoms with Crippen LogP contribution in [0.25, 0.3) is 94.7 Å². The third-order valence-electron chi connectivity index (χ3n) is 12.0. The van der Waals surface area contributed by atoms with Crippen molar-refractivity contribution >= 4 is 72.6 Å². The molecule has 13 aromatic rings. The molecule has 3 heterocycles. The van der Waals surface area contributed by atoms with E-state index in [9.17, 15) is 12.3 Å². The molecule has 0 radical (unpaired) electrons. The second-order valence-corrected chi connectivity index (χ2v) is 19.6. The lowest BCUT2D eigenvalue weighted by molar-refractivity contribution is 0.670. The van der Waals surface area contributed by atoms with E-state index >= 15 is 0 Å². The predicted octanol–water partition coefficient (Wildman–Crippen LogP) is 12.9. The van der Waals surface area contributed by atoms with Gasteiger partial charge >= 0.3 is 0 Å². The van der Waals surface area contributed by atoms with Crippen molar-refractivity contribution in [2.45, 2.75) is 0 Å². The van der Waals surface area contributed by atoms with Gasteiger partial charge in [0, 0.05) is 49.5 Å². The van der Waals surface area contributed by atoms with E-state index in [-0.39, 0.29) is 16.8 Å². The zero-order chi connectivity index (χ0) is 65.7. The van der Waals surface area contributed by atoms with Gasteiger partial charge in [0.25, 0.3) is 0 Å². The van der Waals surface area contributed by atoms with Crippen molar-refractivity contribution in [3.63, 3.8) is 0 Å². The van der Waals surface area contributed by atoms with Crippen LogP contribution in [0, 0.1) is 0 Å². The predicted molar refractivity (Wildman–Crippen MR) is 287 cm³/mol. The smallest absolute Gasteiger partial charge is 0.179 e. The molecule has 0 N–H and O–H groups in total. The zero-order valence-electron chi connectivity index (χ0n) is 58.7. The Morgan fingerprint density at radius 3 is 1.49 bits per heavy atom. The number of furan rings is 1. The van der Waals surface area contributed by atoms with E-state index in [0.29, 0.717) is 0 Å². The molecular formula is C63H42N4OSi. The van der Waals surface area contributed by atoms with Gasteiger partial charge < -0.3 is 8.98 Å². The molecule has 0 saturated heterocycles. The maximum atomic E-state index is 10.1. The second-order valence-electron chi connectivity index (χ2n) is 15.7. The van der Waals surface area contributed by atoms with Crippen LogP contribution in [0.15, 0.2) is 259 Å². The first-order valence-corrected chi connectivity index (χ1v) is 23.5. The maximum absolute atomic E-state index is 10.1. The Bertz CT molecular complexity index is 5210. The first-order chi connectivity index (χ1) is 43.8. The summed E-state index contributed by atoms with van der Waals surface area (Å²) in [7, 11) is -3.23. The quantitative estimate of drug-likeness (QED) is 0.107. The highest BCUT2D eigenvalue weighted by Crippen LogP contribution is 2.40. The lowest BCUT2D eigenvalue weighted by atomic mass is 9.97. The van der Waals surface area contributed by atoms with Gasteiger partial charge in [0.05, 0.1) is 42.6 Å². The number of para-hydroxylation sites is 4. The Morgan fingerprint density at radius 2 is 0.855 bits per heavy atom. The molecule has 0 aliphatic carbocycles. The van der Waals surface area contributed by atoms with Gasteiger partial charge in [-0.2, -0.15) is 0 Å². The fourth-order valence-electron chi connectivity index (χ4n) is 9.04. The van der Waals surface area contributed by atoms with Crippen molar-refractivity contribution in [2.75, 3.05) is 0 Å². The monoisotopic (exact) mass is 921 g/mol. The van der Waals surface area contributed by atoms with Crippen LogP contribution >= 0.6 is 0 Å². The molecule has 0 aliphatic heterocycles. The van der Waals surface area contributed by atoms with E-state index in [1.54, 1.807) is 12.1 Å². The number of nitrogens with zero attached hydrogens (tertiary/aromatic N) is 4. The molecule has 69 heavy (non-hydrogen) atoms. The molecule has 0 amide bonds. The summed E-state index contributed by atoms with van der Waals surface area (Å²) in [4.78, 5) is 14.5. The number of aromatic nitrogens is 4. The number of fused-ring (bicyclic) bond motifs is 6. The van der Waals surface area contributed by atoms with E-state index in [1.807, 2.05) is 66.7 Å². The number of rotatable bonds is 9. The van der Waals surface area contributed by atoms with Gasteiger partial charge in [0.2, 0.25) is 0 Å². The first kappa shape index (κ1) is 23.2. The highest BCUT2D eigenvalue weighted by atomic mass is 28.3. The summed E-state index contributed by atoms with van der Waals surface area (Å²) in [5.41, 5.74) is -5.18. The summed E-state index contributed by atoms with van der Waals surface area (Å²) >= 11 is 0. The van der Waals surface area contributed by atoms with Crippen molar-refractivity contribution in [1.29, 1.82) is 0 Å². The minimum Gasteiger partial charge on any atom is -0.455 e. The average Bonchev–Trinajstić information content (AvgIpc) is 1.50. The van der Waals surface area contributed by atoms with Crippen LogP contribution in [0.3, 0.4) is 0 Å². The van der Waals surface area contributed by atoms with E-state index in [0.717, 1.165) is 25.3 Å². The summed E-state index contributed by atoms with van der Waals surface area (Å²) in [6, 6.07) is 18.2.